The molecule has 0 bridgehead atoms. The van der Waals surface area contributed by atoms with Gasteiger partial charge in [-0.05, 0) is 30.5 Å². The number of allylic oxidation sites excluding steroid dienone is 2. The molecule has 0 nitrogen and oxygen atoms in total. The van der Waals surface area contributed by atoms with Crippen molar-refractivity contribution in [3.63, 3.8) is 0 Å². The van der Waals surface area contributed by atoms with Crippen LogP contribution in [0.2, 0.25) is 0 Å². The third-order valence-corrected chi connectivity index (χ3v) is 2.69. The number of unbranched alkanes of at least 4 members (excludes halogenated alkanes) is 2. The van der Waals surface area contributed by atoms with Crippen molar-refractivity contribution in [1.29, 1.82) is 0 Å². The fourth-order valence-electron chi connectivity index (χ4n) is 1.28. The van der Waals surface area contributed by atoms with Crippen LogP contribution in [0.1, 0.15) is 31.7 Å². The third-order valence-electron chi connectivity index (χ3n) is 2.16. The Bertz CT molecular complexity index is 272. The Kier molecular flexibility index (Phi) is 5.62. The summed E-state index contributed by atoms with van der Waals surface area (Å²) in [4.78, 5) is 0. The fourth-order valence-corrected chi connectivity index (χ4v) is 1.54. The number of benzene rings is 1. The van der Waals surface area contributed by atoms with E-state index in [2.05, 4.69) is 59.3 Å². The van der Waals surface area contributed by atoms with Crippen molar-refractivity contribution in [2.75, 3.05) is 0 Å². The molecule has 0 spiro atoms. The molecule has 0 heterocycles. The minimum absolute atomic E-state index is 1.05. The first kappa shape index (κ1) is 11.5. The van der Waals surface area contributed by atoms with Crippen LogP contribution in [0.4, 0.5) is 0 Å². The van der Waals surface area contributed by atoms with Crippen molar-refractivity contribution in [3.05, 3.63) is 46.5 Å². The van der Waals surface area contributed by atoms with Gasteiger partial charge in [-0.25, -0.2) is 0 Å². The molecular weight excluding hydrogens is 236 g/mol. The van der Waals surface area contributed by atoms with Gasteiger partial charge in [-0.3, -0.25) is 0 Å². The second kappa shape index (κ2) is 6.83. The summed E-state index contributed by atoms with van der Waals surface area (Å²) in [5.74, 6) is 0. The van der Waals surface area contributed by atoms with Gasteiger partial charge < -0.3 is 0 Å². The Hall–Kier alpha value is -0.560. The molecule has 0 aliphatic heterocycles. The molecule has 0 aromatic heterocycles. The van der Waals surface area contributed by atoms with E-state index in [9.17, 15) is 0 Å². The van der Waals surface area contributed by atoms with Crippen molar-refractivity contribution in [1.82, 2.24) is 0 Å². The predicted molar refractivity (Wildman–Crippen MR) is 66.5 cm³/mol. The van der Waals surface area contributed by atoms with Crippen LogP contribution in [0.15, 0.2) is 40.9 Å². The van der Waals surface area contributed by atoms with E-state index in [-0.39, 0.29) is 0 Å². The molecule has 1 rings (SSSR count). The number of hydrogen-bond donors (Lipinski definition) is 0. The Labute approximate surface area is 95.2 Å². The van der Waals surface area contributed by atoms with Gasteiger partial charge in [-0.2, -0.15) is 0 Å². The first-order chi connectivity index (χ1) is 6.83. The van der Waals surface area contributed by atoms with Crippen LogP contribution >= 0.6 is 15.9 Å². The molecule has 0 saturated heterocycles. The zero-order valence-corrected chi connectivity index (χ0v) is 10.3. The van der Waals surface area contributed by atoms with Crippen LogP contribution in [0.3, 0.4) is 0 Å². The Morgan fingerprint density at radius 2 is 1.86 bits per heavy atom. The fraction of sp³-hybridized carbons (Fsp3) is 0.385. The molecule has 0 aliphatic rings. The summed E-state index contributed by atoms with van der Waals surface area (Å²) >= 11 is 3.43. The second-order valence-corrected chi connectivity index (χ2v) is 4.36. The van der Waals surface area contributed by atoms with Crippen LogP contribution in [-0.2, 0) is 6.42 Å². The highest BCUT2D eigenvalue weighted by Crippen LogP contribution is 2.11. The highest BCUT2D eigenvalue weighted by atomic mass is 79.9. The Balaban J connectivity index is 2.30. The molecule has 0 radical (unpaired) electrons. The van der Waals surface area contributed by atoms with Crippen LogP contribution in [0.5, 0.6) is 0 Å². The normalized spacial score (nSPS) is 11.0. The molecule has 0 N–H and O–H groups in total. The zero-order chi connectivity index (χ0) is 10.2. The lowest BCUT2D eigenvalue weighted by molar-refractivity contribution is 0.813. The van der Waals surface area contributed by atoms with E-state index in [0.717, 1.165) is 10.9 Å². The van der Waals surface area contributed by atoms with Crippen molar-refractivity contribution >= 4 is 15.9 Å². The number of halogens is 1. The van der Waals surface area contributed by atoms with Crippen LogP contribution in [0, 0.1) is 0 Å². The first-order valence-electron chi connectivity index (χ1n) is 5.22. The third kappa shape index (κ3) is 4.61. The summed E-state index contributed by atoms with van der Waals surface area (Å²) in [6.45, 7) is 2.22. The van der Waals surface area contributed by atoms with E-state index >= 15 is 0 Å². The molecule has 1 heteroatoms. The quantitative estimate of drug-likeness (QED) is 0.525. The van der Waals surface area contributed by atoms with E-state index in [1.165, 1.54) is 24.8 Å². The van der Waals surface area contributed by atoms with E-state index in [0.29, 0.717) is 0 Å². The highest BCUT2D eigenvalue weighted by Gasteiger charge is 1.88. The number of hydrogen-bond acceptors (Lipinski definition) is 0. The smallest absolute Gasteiger partial charge is 0.0175 e. The molecule has 1 aromatic carbocycles. The molecule has 0 unspecified atom stereocenters. The van der Waals surface area contributed by atoms with Crippen molar-refractivity contribution in [3.8, 4) is 0 Å². The van der Waals surface area contributed by atoms with Gasteiger partial charge in [0.25, 0.3) is 0 Å². The summed E-state index contributed by atoms with van der Waals surface area (Å²) in [7, 11) is 0. The summed E-state index contributed by atoms with van der Waals surface area (Å²) < 4.78 is 1.15. The summed E-state index contributed by atoms with van der Waals surface area (Å²) in [5, 5.41) is 0. The molecule has 0 aliphatic carbocycles. The van der Waals surface area contributed by atoms with Gasteiger partial charge >= 0.3 is 0 Å². The van der Waals surface area contributed by atoms with Gasteiger partial charge in [0, 0.05) is 4.47 Å². The number of rotatable bonds is 5. The SMILES string of the molecule is CCCC/C=C/Cc1ccc(Br)cc1. The van der Waals surface area contributed by atoms with Gasteiger partial charge in [-0.1, -0.05) is 60.0 Å². The summed E-state index contributed by atoms with van der Waals surface area (Å²) in [6.07, 6.45) is 9.40. The molecular formula is C13H17Br. The molecule has 14 heavy (non-hydrogen) atoms. The molecule has 76 valence electrons. The topological polar surface area (TPSA) is 0 Å². The molecule has 0 saturated carbocycles. The largest absolute Gasteiger partial charge is 0.0882 e. The maximum absolute atomic E-state index is 3.43. The van der Waals surface area contributed by atoms with Crippen LogP contribution in [0.25, 0.3) is 0 Å². The summed E-state index contributed by atoms with van der Waals surface area (Å²) in [6, 6.07) is 8.51. The van der Waals surface area contributed by atoms with Gasteiger partial charge in [0.2, 0.25) is 0 Å². The summed E-state index contributed by atoms with van der Waals surface area (Å²) in [5.41, 5.74) is 1.38. The lowest BCUT2D eigenvalue weighted by Crippen LogP contribution is -1.79. The van der Waals surface area contributed by atoms with Gasteiger partial charge in [0.05, 0.1) is 0 Å². The highest BCUT2D eigenvalue weighted by molar-refractivity contribution is 9.10. The first-order valence-corrected chi connectivity index (χ1v) is 6.01. The lowest BCUT2D eigenvalue weighted by atomic mass is 10.1. The molecule has 0 fully saturated rings. The van der Waals surface area contributed by atoms with Crippen molar-refractivity contribution < 1.29 is 0 Å². The van der Waals surface area contributed by atoms with E-state index < -0.39 is 0 Å². The maximum atomic E-state index is 3.43. The van der Waals surface area contributed by atoms with Crippen LogP contribution in [-0.4, -0.2) is 0 Å². The second-order valence-electron chi connectivity index (χ2n) is 3.44. The maximum Gasteiger partial charge on any atom is 0.0175 e. The average Bonchev–Trinajstić information content (AvgIpc) is 2.21. The van der Waals surface area contributed by atoms with Gasteiger partial charge in [0.15, 0.2) is 0 Å². The zero-order valence-electron chi connectivity index (χ0n) is 8.67. The Morgan fingerprint density at radius 1 is 1.14 bits per heavy atom. The lowest BCUT2D eigenvalue weighted by Gasteiger charge is -1.96. The average molecular weight is 253 g/mol. The van der Waals surface area contributed by atoms with Gasteiger partial charge in [-0.15, -0.1) is 0 Å². The minimum Gasteiger partial charge on any atom is -0.0882 e. The Morgan fingerprint density at radius 3 is 2.50 bits per heavy atom. The van der Waals surface area contributed by atoms with Crippen molar-refractivity contribution in [2.45, 2.75) is 32.6 Å². The van der Waals surface area contributed by atoms with Crippen molar-refractivity contribution in [2.24, 2.45) is 0 Å². The van der Waals surface area contributed by atoms with Gasteiger partial charge in [0.1, 0.15) is 0 Å². The van der Waals surface area contributed by atoms with E-state index in [4.69, 9.17) is 0 Å². The van der Waals surface area contributed by atoms with E-state index in [1.54, 1.807) is 0 Å². The molecule has 0 atom stereocenters. The van der Waals surface area contributed by atoms with E-state index in [1.807, 2.05) is 0 Å². The standard InChI is InChI=1S/C13H17Br/c1-2-3-4-5-6-7-12-8-10-13(14)11-9-12/h5-6,8-11H,2-4,7H2,1H3/b6-5+. The minimum atomic E-state index is 1.05. The molecule has 1 aromatic rings. The predicted octanol–water partition coefficient (Wildman–Crippen LogP) is 4.74. The van der Waals surface area contributed by atoms with Crippen LogP contribution < -0.4 is 0 Å². The monoisotopic (exact) mass is 252 g/mol. The molecule has 0 amide bonds.